The highest BCUT2D eigenvalue weighted by Gasteiger charge is 2.24. The fourth-order valence-electron chi connectivity index (χ4n) is 5.50. The molecule has 3 aromatic rings. The molecule has 1 aromatic heterocycles. The van der Waals surface area contributed by atoms with E-state index in [0.29, 0.717) is 17.8 Å². The van der Waals surface area contributed by atoms with Crippen LogP contribution >= 0.6 is 11.8 Å². The van der Waals surface area contributed by atoms with Gasteiger partial charge in [-0.05, 0) is 42.0 Å². The van der Waals surface area contributed by atoms with Crippen LogP contribution in [0.15, 0.2) is 47.6 Å². The molecule has 1 N–H and O–H groups in total. The van der Waals surface area contributed by atoms with Gasteiger partial charge in [-0.25, -0.2) is 0 Å². The minimum atomic E-state index is 0.126. The third-order valence-corrected chi connectivity index (χ3v) is 8.15. The summed E-state index contributed by atoms with van der Waals surface area (Å²) in [6.07, 6.45) is 12.9. The number of carbonyl (C=O) groups is 1. The Morgan fingerprint density at radius 3 is 2.45 bits per heavy atom. The van der Waals surface area contributed by atoms with Gasteiger partial charge in [0.25, 0.3) is 0 Å². The molecule has 2 saturated carbocycles. The zero-order valence-electron chi connectivity index (χ0n) is 19.3. The van der Waals surface area contributed by atoms with Crippen molar-refractivity contribution in [2.24, 2.45) is 0 Å². The standard InChI is InChI=1S/C27H34N4OS/c32-26(28-22-13-3-1-4-14-22)19-33-27-30-29-25(31(27)23-15-5-2-6-16-23)18-21-12-9-11-20-10-7-8-17-24(20)21/h7-12,17,22-23H,1-6,13-16,18-19H2,(H,28,32). The van der Waals surface area contributed by atoms with Crippen LogP contribution in [0.25, 0.3) is 10.8 Å². The van der Waals surface area contributed by atoms with E-state index >= 15 is 0 Å². The average molecular weight is 463 g/mol. The summed E-state index contributed by atoms with van der Waals surface area (Å²) < 4.78 is 2.36. The summed E-state index contributed by atoms with van der Waals surface area (Å²) in [6, 6.07) is 15.8. The molecule has 1 heterocycles. The van der Waals surface area contributed by atoms with E-state index in [1.54, 1.807) is 11.8 Å². The molecule has 2 fully saturated rings. The van der Waals surface area contributed by atoms with E-state index in [-0.39, 0.29) is 5.91 Å². The van der Waals surface area contributed by atoms with Crippen LogP contribution in [0.5, 0.6) is 0 Å². The van der Waals surface area contributed by atoms with Crippen LogP contribution in [-0.2, 0) is 11.2 Å². The van der Waals surface area contributed by atoms with Crippen LogP contribution in [0.1, 0.15) is 81.6 Å². The van der Waals surface area contributed by atoms with Crippen LogP contribution in [0.4, 0.5) is 0 Å². The van der Waals surface area contributed by atoms with Crippen LogP contribution in [0.2, 0.25) is 0 Å². The summed E-state index contributed by atoms with van der Waals surface area (Å²) in [5.41, 5.74) is 1.28. The number of nitrogens with zero attached hydrogens (tertiary/aromatic N) is 3. The minimum absolute atomic E-state index is 0.126. The molecule has 0 aliphatic heterocycles. The second-order valence-corrected chi connectivity index (χ2v) is 10.5. The highest BCUT2D eigenvalue weighted by atomic mass is 32.2. The van der Waals surface area contributed by atoms with Gasteiger partial charge in [-0.2, -0.15) is 0 Å². The maximum Gasteiger partial charge on any atom is 0.230 e. The summed E-state index contributed by atoms with van der Waals surface area (Å²) in [4.78, 5) is 12.6. The van der Waals surface area contributed by atoms with Gasteiger partial charge in [-0.15, -0.1) is 10.2 Å². The van der Waals surface area contributed by atoms with E-state index in [2.05, 4.69) is 62.5 Å². The van der Waals surface area contributed by atoms with E-state index in [1.165, 1.54) is 67.7 Å². The predicted octanol–water partition coefficient (Wildman–Crippen LogP) is 6.07. The zero-order valence-corrected chi connectivity index (χ0v) is 20.2. The summed E-state index contributed by atoms with van der Waals surface area (Å²) >= 11 is 1.55. The Labute approximate surface area is 200 Å². The Kier molecular flexibility index (Phi) is 7.30. The Balaban J connectivity index is 1.35. The van der Waals surface area contributed by atoms with Crippen molar-refractivity contribution in [1.29, 1.82) is 0 Å². The zero-order chi connectivity index (χ0) is 22.5. The van der Waals surface area contributed by atoms with Gasteiger partial charge in [0.2, 0.25) is 5.91 Å². The minimum Gasteiger partial charge on any atom is -0.353 e. The second-order valence-electron chi connectivity index (χ2n) is 9.57. The molecule has 2 aliphatic rings. The van der Waals surface area contributed by atoms with Crippen molar-refractivity contribution in [2.75, 3.05) is 5.75 Å². The van der Waals surface area contributed by atoms with Gasteiger partial charge in [0.15, 0.2) is 5.16 Å². The lowest BCUT2D eigenvalue weighted by atomic mass is 9.95. The molecule has 5 nitrogen and oxygen atoms in total. The van der Waals surface area contributed by atoms with Gasteiger partial charge >= 0.3 is 0 Å². The number of benzene rings is 2. The summed E-state index contributed by atoms with van der Waals surface area (Å²) in [7, 11) is 0. The van der Waals surface area contributed by atoms with Gasteiger partial charge < -0.3 is 9.88 Å². The normalized spacial score (nSPS) is 17.9. The highest BCUT2D eigenvalue weighted by molar-refractivity contribution is 7.99. The quantitative estimate of drug-likeness (QED) is 0.433. The Morgan fingerprint density at radius 1 is 0.909 bits per heavy atom. The van der Waals surface area contributed by atoms with Gasteiger partial charge in [0.05, 0.1) is 5.75 Å². The summed E-state index contributed by atoms with van der Waals surface area (Å²) in [5.74, 6) is 1.56. The van der Waals surface area contributed by atoms with Crippen molar-refractivity contribution in [3.63, 3.8) is 0 Å². The van der Waals surface area contributed by atoms with Crippen molar-refractivity contribution in [3.05, 3.63) is 53.9 Å². The number of hydrogen-bond acceptors (Lipinski definition) is 4. The molecule has 0 radical (unpaired) electrons. The van der Waals surface area contributed by atoms with Gasteiger partial charge in [-0.1, -0.05) is 92.8 Å². The number of aromatic nitrogens is 3. The molecule has 6 heteroatoms. The monoisotopic (exact) mass is 462 g/mol. The van der Waals surface area contributed by atoms with Crippen molar-refractivity contribution < 1.29 is 4.79 Å². The number of fused-ring (bicyclic) bond motifs is 1. The lowest BCUT2D eigenvalue weighted by molar-refractivity contribution is -0.119. The van der Waals surface area contributed by atoms with Gasteiger partial charge in [-0.3, -0.25) is 4.79 Å². The van der Waals surface area contributed by atoms with Crippen molar-refractivity contribution in [2.45, 2.75) is 87.9 Å². The first-order valence-electron chi connectivity index (χ1n) is 12.6. The number of thioether (sulfide) groups is 1. The maximum absolute atomic E-state index is 12.6. The average Bonchev–Trinajstić information content (AvgIpc) is 3.26. The smallest absolute Gasteiger partial charge is 0.230 e. The van der Waals surface area contributed by atoms with E-state index in [4.69, 9.17) is 0 Å². The SMILES string of the molecule is O=C(CSc1nnc(Cc2cccc3ccccc23)n1C1CCCCC1)NC1CCCCC1. The van der Waals surface area contributed by atoms with E-state index in [1.807, 2.05) is 0 Å². The van der Waals surface area contributed by atoms with Crippen molar-refractivity contribution in [1.82, 2.24) is 20.1 Å². The number of nitrogens with one attached hydrogen (secondary N) is 1. The number of rotatable bonds is 7. The Morgan fingerprint density at radius 2 is 1.64 bits per heavy atom. The van der Waals surface area contributed by atoms with Crippen LogP contribution in [-0.4, -0.2) is 32.5 Å². The maximum atomic E-state index is 12.6. The molecule has 0 saturated heterocycles. The molecule has 0 bridgehead atoms. The number of amides is 1. The van der Waals surface area contributed by atoms with E-state index in [0.717, 1.165) is 30.2 Å². The Bertz CT molecular complexity index is 1080. The fraction of sp³-hybridized carbons (Fsp3) is 0.519. The van der Waals surface area contributed by atoms with Crippen LogP contribution in [0.3, 0.4) is 0 Å². The number of hydrogen-bond donors (Lipinski definition) is 1. The molecule has 2 aliphatic carbocycles. The molecular weight excluding hydrogens is 428 g/mol. The predicted molar refractivity (Wildman–Crippen MR) is 135 cm³/mol. The first-order valence-corrected chi connectivity index (χ1v) is 13.6. The lowest BCUT2D eigenvalue weighted by Crippen LogP contribution is -2.37. The molecule has 2 aromatic carbocycles. The van der Waals surface area contributed by atoms with Crippen LogP contribution < -0.4 is 5.32 Å². The molecular formula is C27H34N4OS. The molecule has 0 unspecified atom stereocenters. The molecule has 0 atom stereocenters. The molecule has 5 rings (SSSR count). The fourth-order valence-corrected chi connectivity index (χ4v) is 6.33. The van der Waals surface area contributed by atoms with Crippen LogP contribution in [0, 0.1) is 0 Å². The third kappa shape index (κ3) is 5.43. The van der Waals surface area contributed by atoms with Gasteiger partial charge in [0, 0.05) is 18.5 Å². The lowest BCUT2D eigenvalue weighted by Gasteiger charge is -2.26. The van der Waals surface area contributed by atoms with Crippen molar-refractivity contribution >= 4 is 28.4 Å². The van der Waals surface area contributed by atoms with Crippen molar-refractivity contribution in [3.8, 4) is 0 Å². The van der Waals surface area contributed by atoms with Gasteiger partial charge in [0.1, 0.15) is 5.82 Å². The Hall–Kier alpha value is -2.34. The first kappa shape index (κ1) is 22.5. The number of carbonyl (C=O) groups excluding carboxylic acids is 1. The molecule has 1 amide bonds. The van der Waals surface area contributed by atoms with E-state index in [9.17, 15) is 4.79 Å². The largest absolute Gasteiger partial charge is 0.353 e. The summed E-state index contributed by atoms with van der Waals surface area (Å²) in [5, 5.41) is 15.9. The molecule has 174 valence electrons. The first-order chi connectivity index (χ1) is 16.3. The third-order valence-electron chi connectivity index (χ3n) is 7.21. The topological polar surface area (TPSA) is 59.8 Å². The highest BCUT2D eigenvalue weighted by Crippen LogP contribution is 2.34. The van der Waals surface area contributed by atoms with E-state index < -0.39 is 0 Å². The summed E-state index contributed by atoms with van der Waals surface area (Å²) in [6.45, 7) is 0. The molecule has 33 heavy (non-hydrogen) atoms. The second kappa shape index (κ2) is 10.7. The molecule has 0 spiro atoms.